The third kappa shape index (κ3) is 11.4. The highest BCUT2D eigenvalue weighted by Crippen LogP contribution is 2.48. The molecule has 10 heteroatoms. The van der Waals surface area contributed by atoms with Crippen molar-refractivity contribution in [1.29, 1.82) is 0 Å². The molecule has 6 nitrogen and oxygen atoms in total. The lowest BCUT2D eigenvalue weighted by molar-refractivity contribution is -0.139. The molecule has 0 spiro atoms. The van der Waals surface area contributed by atoms with Gasteiger partial charge >= 0.3 is 14.8 Å². The number of nitrogens with zero attached hydrogens (tertiary/aromatic N) is 1. The van der Waals surface area contributed by atoms with Gasteiger partial charge in [0.2, 0.25) is 0 Å². The Morgan fingerprint density at radius 3 is 2.20 bits per heavy atom. The predicted molar refractivity (Wildman–Crippen MR) is 157 cm³/mol. The number of ether oxygens (including phenoxy) is 2. The van der Waals surface area contributed by atoms with Crippen LogP contribution < -0.4 is 4.74 Å². The van der Waals surface area contributed by atoms with Crippen molar-refractivity contribution in [3.8, 4) is 5.75 Å². The predicted octanol–water partition coefficient (Wildman–Crippen LogP) is 8.79. The number of hydrogen-bond donors (Lipinski definition) is 0. The number of hydrogen-bond acceptors (Lipinski definition) is 6. The fourth-order valence-electron chi connectivity index (χ4n) is 3.85. The monoisotopic (exact) mass is 595 g/mol. The maximum absolute atomic E-state index is 14.0. The molecule has 3 rings (SSSR count). The van der Waals surface area contributed by atoms with Crippen LogP contribution in [-0.4, -0.2) is 42.5 Å². The van der Waals surface area contributed by atoms with Gasteiger partial charge in [0.15, 0.2) is 5.90 Å². The fraction of sp³-hybridized carbons (Fsp3) is 0.516. The number of aryl methyl sites for hydroxylation is 1. The Kier molecular flexibility index (Phi) is 11.0. The molecular weight excluding hydrogens is 554 g/mol. The molecule has 226 valence electrons. The molecule has 0 aromatic heterocycles. The Hall–Kier alpha value is -2.45. The maximum atomic E-state index is 14.0. The van der Waals surface area contributed by atoms with E-state index in [1.807, 2.05) is 71.9 Å². The molecule has 0 fully saturated rings. The molecule has 1 heterocycles. The van der Waals surface area contributed by atoms with Gasteiger partial charge in [-0.05, 0) is 77.6 Å². The van der Waals surface area contributed by atoms with E-state index in [4.69, 9.17) is 23.0 Å². The Labute approximate surface area is 242 Å². The molecular formula is C31H41F3NO5P. The standard InChI is InChI=1S/C31H41F3NO5P/c1-23-35-30(21-37-23,22-38-41(39-28(2,3)4)40-29(5,6)7)18-17-25-15-16-27(26(20-25)31(32,33)34)36-19-11-14-24-12-9-8-10-13-24/h8-10,12-13,15-18,20H,11,14,19,21-22H2,1-7H3/b18-17+. The zero-order valence-electron chi connectivity index (χ0n) is 24.9. The smallest absolute Gasteiger partial charge is 0.419 e. The van der Waals surface area contributed by atoms with Crippen molar-refractivity contribution in [2.45, 2.75) is 84.2 Å². The van der Waals surface area contributed by atoms with E-state index in [0.717, 1.165) is 18.1 Å². The Morgan fingerprint density at radius 2 is 1.63 bits per heavy atom. The van der Waals surface area contributed by atoms with Crippen molar-refractivity contribution in [2.24, 2.45) is 4.99 Å². The van der Waals surface area contributed by atoms with Gasteiger partial charge in [0.05, 0.1) is 30.0 Å². The van der Waals surface area contributed by atoms with Gasteiger partial charge in [-0.25, -0.2) is 4.99 Å². The van der Waals surface area contributed by atoms with Crippen molar-refractivity contribution >= 4 is 20.6 Å². The third-order valence-electron chi connectivity index (χ3n) is 5.63. The molecule has 1 aliphatic heterocycles. The van der Waals surface area contributed by atoms with E-state index in [1.165, 1.54) is 6.07 Å². The molecule has 0 amide bonds. The summed E-state index contributed by atoms with van der Waals surface area (Å²) in [6.45, 7) is 13.6. The highest BCUT2D eigenvalue weighted by Gasteiger charge is 2.38. The Morgan fingerprint density at radius 1 is 0.976 bits per heavy atom. The van der Waals surface area contributed by atoms with Crippen LogP contribution in [0.3, 0.4) is 0 Å². The SMILES string of the molecule is CC1=NC(/C=C/c2ccc(OCCCc3ccccc3)c(C(F)(F)F)c2)(COP(OC(C)(C)C)OC(C)(C)C)CO1. The van der Waals surface area contributed by atoms with Crippen LogP contribution in [0.15, 0.2) is 59.6 Å². The summed E-state index contributed by atoms with van der Waals surface area (Å²) in [5, 5.41) is 0. The molecule has 1 atom stereocenters. The van der Waals surface area contributed by atoms with Crippen LogP contribution in [0.5, 0.6) is 5.75 Å². The lowest BCUT2D eigenvalue weighted by atomic mass is 10.0. The van der Waals surface area contributed by atoms with Crippen LogP contribution in [0.25, 0.3) is 6.08 Å². The number of alkyl halides is 3. The van der Waals surface area contributed by atoms with Crippen molar-refractivity contribution in [3.05, 3.63) is 71.3 Å². The second-order valence-electron chi connectivity index (χ2n) is 12.0. The van der Waals surface area contributed by atoms with Gasteiger partial charge in [-0.15, -0.1) is 0 Å². The first-order chi connectivity index (χ1) is 19.0. The minimum Gasteiger partial charge on any atom is -0.493 e. The van der Waals surface area contributed by atoms with Gasteiger partial charge in [-0.2, -0.15) is 13.2 Å². The van der Waals surface area contributed by atoms with E-state index >= 15 is 0 Å². The quantitative estimate of drug-likeness (QED) is 0.181. The number of benzene rings is 2. The van der Waals surface area contributed by atoms with Crippen LogP contribution >= 0.6 is 8.60 Å². The average Bonchev–Trinajstić information content (AvgIpc) is 3.23. The first-order valence-corrected chi connectivity index (χ1v) is 14.7. The number of rotatable bonds is 12. The van der Waals surface area contributed by atoms with E-state index in [-0.39, 0.29) is 25.6 Å². The molecule has 41 heavy (non-hydrogen) atoms. The largest absolute Gasteiger partial charge is 0.493 e. The summed E-state index contributed by atoms with van der Waals surface area (Å²) in [5.41, 5.74) is -1.32. The summed E-state index contributed by atoms with van der Waals surface area (Å²) in [4.78, 5) is 4.60. The molecule has 2 aromatic rings. The topological polar surface area (TPSA) is 58.5 Å². The highest BCUT2D eigenvalue weighted by molar-refractivity contribution is 7.41. The minimum atomic E-state index is -4.57. The van der Waals surface area contributed by atoms with Crippen LogP contribution in [0.1, 0.15) is 71.6 Å². The van der Waals surface area contributed by atoms with Gasteiger partial charge in [-0.1, -0.05) is 48.6 Å². The molecule has 0 saturated carbocycles. The van der Waals surface area contributed by atoms with Gasteiger partial charge in [-0.3, -0.25) is 0 Å². The second kappa shape index (κ2) is 13.7. The Balaban J connectivity index is 1.74. The molecule has 0 radical (unpaired) electrons. The van der Waals surface area contributed by atoms with Gasteiger partial charge in [0.1, 0.15) is 17.9 Å². The van der Waals surface area contributed by atoms with E-state index in [9.17, 15) is 13.2 Å². The van der Waals surface area contributed by atoms with Crippen LogP contribution in [-0.2, 0) is 30.9 Å². The lowest BCUT2D eigenvalue weighted by Crippen LogP contribution is -2.32. The molecule has 0 saturated heterocycles. The summed E-state index contributed by atoms with van der Waals surface area (Å²) in [6.07, 6.45) is 0.0546. The van der Waals surface area contributed by atoms with Crippen LogP contribution in [0.2, 0.25) is 0 Å². The minimum absolute atomic E-state index is 0.0629. The third-order valence-corrected chi connectivity index (χ3v) is 7.37. The lowest BCUT2D eigenvalue weighted by Gasteiger charge is -2.32. The Bertz CT molecular complexity index is 1170. The van der Waals surface area contributed by atoms with E-state index < -0.39 is 37.1 Å². The maximum Gasteiger partial charge on any atom is 0.419 e. The summed E-state index contributed by atoms with van der Waals surface area (Å²) in [5.74, 6) is 0.273. The van der Waals surface area contributed by atoms with Gasteiger partial charge in [0.25, 0.3) is 0 Å². The highest BCUT2D eigenvalue weighted by atomic mass is 31.2. The molecule has 0 N–H and O–H groups in total. The number of aliphatic imine (C=N–C) groups is 1. The van der Waals surface area contributed by atoms with Crippen LogP contribution in [0.4, 0.5) is 13.2 Å². The average molecular weight is 596 g/mol. The molecule has 2 aromatic carbocycles. The number of halogens is 3. The van der Waals surface area contributed by atoms with Crippen LogP contribution in [0, 0.1) is 0 Å². The van der Waals surface area contributed by atoms with Crippen molar-refractivity contribution in [3.63, 3.8) is 0 Å². The van der Waals surface area contributed by atoms with Crippen molar-refractivity contribution in [1.82, 2.24) is 0 Å². The zero-order chi connectivity index (χ0) is 30.3. The first kappa shape index (κ1) is 33.1. The van der Waals surface area contributed by atoms with E-state index in [0.29, 0.717) is 17.9 Å². The summed E-state index contributed by atoms with van der Waals surface area (Å²) >= 11 is 0. The fourth-order valence-corrected chi connectivity index (χ4v) is 5.22. The molecule has 0 aliphatic carbocycles. The summed E-state index contributed by atoms with van der Waals surface area (Å²) in [7, 11) is -1.74. The summed E-state index contributed by atoms with van der Waals surface area (Å²) in [6, 6.07) is 13.8. The zero-order valence-corrected chi connectivity index (χ0v) is 25.8. The van der Waals surface area contributed by atoms with E-state index in [2.05, 4.69) is 4.99 Å². The second-order valence-corrected chi connectivity index (χ2v) is 13.0. The normalized spacial score (nSPS) is 18.2. The molecule has 1 aliphatic rings. The van der Waals surface area contributed by atoms with Crippen molar-refractivity contribution in [2.75, 3.05) is 19.8 Å². The van der Waals surface area contributed by atoms with Gasteiger partial charge in [0, 0.05) is 6.92 Å². The first-order valence-electron chi connectivity index (χ1n) is 13.6. The van der Waals surface area contributed by atoms with Gasteiger partial charge < -0.3 is 23.0 Å². The summed E-state index contributed by atoms with van der Waals surface area (Å²) < 4.78 is 71.2. The van der Waals surface area contributed by atoms with E-state index in [1.54, 1.807) is 25.1 Å². The molecule has 0 bridgehead atoms. The molecule has 1 unspecified atom stereocenters. The van der Waals surface area contributed by atoms with Crippen molar-refractivity contribution < 1.29 is 36.2 Å².